The lowest BCUT2D eigenvalue weighted by atomic mass is 9.99. The van der Waals surface area contributed by atoms with E-state index in [4.69, 9.17) is 0 Å². The van der Waals surface area contributed by atoms with Gasteiger partial charge in [-0.15, -0.1) is 5.10 Å². The van der Waals surface area contributed by atoms with Crippen molar-refractivity contribution >= 4 is 23.1 Å². The van der Waals surface area contributed by atoms with Crippen molar-refractivity contribution in [2.45, 2.75) is 51.7 Å². The molecule has 29 heavy (non-hydrogen) atoms. The van der Waals surface area contributed by atoms with Crippen molar-refractivity contribution in [1.82, 2.24) is 29.1 Å². The number of carbonyl (C=O) groups excluding carboxylic acids is 1. The zero-order valence-electron chi connectivity index (χ0n) is 15.9. The van der Waals surface area contributed by atoms with Gasteiger partial charge in [0.1, 0.15) is 10.6 Å². The van der Waals surface area contributed by atoms with Crippen LogP contribution in [-0.2, 0) is 12.6 Å². The monoisotopic (exact) mass is 424 g/mol. The predicted octanol–water partition coefficient (Wildman–Crippen LogP) is 3.84. The van der Waals surface area contributed by atoms with E-state index < -0.39 is 17.9 Å². The molecule has 4 heterocycles. The lowest BCUT2D eigenvalue weighted by molar-refractivity contribution is -0.142. The van der Waals surface area contributed by atoms with Crippen LogP contribution < -0.4 is 0 Å². The molecule has 1 aliphatic rings. The van der Waals surface area contributed by atoms with Crippen LogP contribution in [0.25, 0.3) is 5.65 Å². The maximum atomic E-state index is 13.6. The minimum atomic E-state index is -4.55. The fourth-order valence-corrected chi connectivity index (χ4v) is 4.24. The van der Waals surface area contributed by atoms with Gasteiger partial charge in [0, 0.05) is 18.3 Å². The molecular weight excluding hydrogens is 405 g/mol. The van der Waals surface area contributed by atoms with E-state index in [0.29, 0.717) is 41.3 Å². The lowest BCUT2D eigenvalue weighted by Crippen LogP contribution is -2.38. The van der Waals surface area contributed by atoms with Crippen LogP contribution in [-0.4, -0.2) is 41.5 Å². The molecule has 0 spiro atoms. The van der Waals surface area contributed by atoms with Gasteiger partial charge in [0.15, 0.2) is 5.65 Å². The molecule has 0 aromatic carbocycles. The maximum absolute atomic E-state index is 13.6. The van der Waals surface area contributed by atoms with Crippen molar-refractivity contribution in [3.8, 4) is 0 Å². The van der Waals surface area contributed by atoms with Crippen molar-refractivity contribution in [3.05, 3.63) is 39.8 Å². The minimum absolute atomic E-state index is 0.139. The number of hydrogen-bond acceptors (Lipinski definition) is 6. The summed E-state index contributed by atoms with van der Waals surface area (Å²) in [5.41, 5.74) is 0.591. The Labute approximate surface area is 168 Å². The number of piperidine rings is 1. The maximum Gasteiger partial charge on any atom is 0.433 e. The number of likely N-dealkylation sites (tertiary alicyclic amines) is 1. The van der Waals surface area contributed by atoms with E-state index in [0.717, 1.165) is 35.0 Å². The van der Waals surface area contributed by atoms with Gasteiger partial charge in [-0.3, -0.25) is 4.79 Å². The molecule has 0 bridgehead atoms. The van der Waals surface area contributed by atoms with Crippen molar-refractivity contribution in [2.24, 2.45) is 0 Å². The van der Waals surface area contributed by atoms with Crippen molar-refractivity contribution in [3.63, 3.8) is 0 Å². The first-order chi connectivity index (χ1) is 13.8. The van der Waals surface area contributed by atoms with Gasteiger partial charge in [-0.1, -0.05) is 11.4 Å². The Hall–Kier alpha value is -2.56. The van der Waals surface area contributed by atoms with Crippen LogP contribution in [0.2, 0.25) is 0 Å². The summed E-state index contributed by atoms with van der Waals surface area (Å²) < 4.78 is 45.3. The Kier molecular flexibility index (Phi) is 5.01. The predicted molar refractivity (Wildman–Crippen MR) is 99.6 cm³/mol. The number of nitrogens with zero attached hydrogens (tertiary/aromatic N) is 6. The molecule has 1 aliphatic heterocycles. The number of aryl methyl sites for hydroxylation is 2. The van der Waals surface area contributed by atoms with E-state index in [-0.39, 0.29) is 11.6 Å². The zero-order chi connectivity index (χ0) is 20.8. The summed E-state index contributed by atoms with van der Waals surface area (Å²) in [5, 5.41) is 8.12. The quantitative estimate of drug-likeness (QED) is 0.639. The van der Waals surface area contributed by atoms with Crippen LogP contribution in [0.5, 0.6) is 0 Å². The standard InChI is InChI=1S/C18H19F3N6OS/c1-3-11-8-14(18(19,20)21)27-15(22-11)9-12(24-27)13-6-4-5-7-26(13)17(28)16-10(2)23-25-29-16/h8-9,13H,3-7H2,1-2H3/t13-/m0/s1. The van der Waals surface area contributed by atoms with Crippen molar-refractivity contribution < 1.29 is 18.0 Å². The molecule has 1 atom stereocenters. The number of alkyl halides is 3. The molecule has 1 saturated heterocycles. The molecule has 3 aromatic heterocycles. The van der Waals surface area contributed by atoms with Gasteiger partial charge in [0.25, 0.3) is 5.91 Å². The average Bonchev–Trinajstić information content (AvgIpc) is 3.31. The molecule has 3 aromatic rings. The van der Waals surface area contributed by atoms with Gasteiger partial charge in [-0.2, -0.15) is 18.3 Å². The van der Waals surface area contributed by atoms with Crippen LogP contribution >= 0.6 is 11.5 Å². The Morgan fingerprint density at radius 1 is 1.31 bits per heavy atom. The fourth-order valence-electron chi connectivity index (χ4n) is 3.63. The van der Waals surface area contributed by atoms with Crippen LogP contribution in [0.15, 0.2) is 12.1 Å². The van der Waals surface area contributed by atoms with Gasteiger partial charge in [0.2, 0.25) is 0 Å². The molecule has 0 saturated carbocycles. The van der Waals surface area contributed by atoms with E-state index in [1.54, 1.807) is 24.8 Å². The second-order valence-corrected chi connectivity index (χ2v) is 7.77. The van der Waals surface area contributed by atoms with E-state index in [2.05, 4.69) is 19.7 Å². The topological polar surface area (TPSA) is 76.3 Å². The smallest absolute Gasteiger partial charge is 0.329 e. The first kappa shape index (κ1) is 19.7. The summed E-state index contributed by atoms with van der Waals surface area (Å²) in [5.74, 6) is -0.211. The van der Waals surface area contributed by atoms with Crippen molar-refractivity contribution in [1.29, 1.82) is 0 Å². The molecule has 7 nitrogen and oxygen atoms in total. The van der Waals surface area contributed by atoms with E-state index in [1.165, 1.54) is 0 Å². The van der Waals surface area contributed by atoms with Gasteiger partial charge in [-0.25, -0.2) is 9.50 Å². The highest BCUT2D eigenvalue weighted by Gasteiger charge is 2.37. The molecule has 0 unspecified atom stereocenters. The van der Waals surface area contributed by atoms with E-state index in [9.17, 15) is 18.0 Å². The number of fused-ring (bicyclic) bond motifs is 1. The third-order valence-corrected chi connectivity index (χ3v) is 5.92. The zero-order valence-corrected chi connectivity index (χ0v) is 16.7. The molecule has 11 heteroatoms. The first-order valence-corrected chi connectivity index (χ1v) is 10.1. The summed E-state index contributed by atoms with van der Waals surface area (Å²) in [7, 11) is 0. The molecule has 4 rings (SSSR count). The molecular formula is C18H19F3N6OS. The molecule has 0 radical (unpaired) electrons. The largest absolute Gasteiger partial charge is 0.433 e. The summed E-state index contributed by atoms with van der Waals surface area (Å²) in [6.45, 7) is 3.98. The molecule has 1 fully saturated rings. The number of aromatic nitrogens is 5. The summed E-state index contributed by atoms with van der Waals surface area (Å²) in [6, 6.07) is 2.17. The number of carbonyl (C=O) groups is 1. The molecule has 0 aliphatic carbocycles. The van der Waals surface area contributed by atoms with Gasteiger partial charge >= 0.3 is 6.18 Å². The third-order valence-electron chi connectivity index (χ3n) is 5.10. The Morgan fingerprint density at radius 2 is 2.10 bits per heavy atom. The third kappa shape index (κ3) is 3.59. The number of rotatable bonds is 3. The Balaban J connectivity index is 1.78. The van der Waals surface area contributed by atoms with Crippen LogP contribution in [0.1, 0.15) is 64.7 Å². The van der Waals surface area contributed by atoms with Crippen LogP contribution in [0.4, 0.5) is 13.2 Å². The number of hydrogen-bond donors (Lipinski definition) is 0. The summed E-state index contributed by atoms with van der Waals surface area (Å²) in [4.78, 5) is 19.4. The molecule has 0 N–H and O–H groups in total. The summed E-state index contributed by atoms with van der Waals surface area (Å²) >= 11 is 1.03. The van der Waals surface area contributed by atoms with Crippen LogP contribution in [0.3, 0.4) is 0 Å². The molecule has 154 valence electrons. The van der Waals surface area contributed by atoms with Crippen LogP contribution in [0, 0.1) is 6.92 Å². The normalized spacial score (nSPS) is 17.8. The van der Waals surface area contributed by atoms with Gasteiger partial charge in [-0.05, 0) is 50.2 Å². The highest BCUT2D eigenvalue weighted by atomic mass is 32.1. The highest BCUT2D eigenvalue weighted by molar-refractivity contribution is 7.07. The second kappa shape index (κ2) is 7.36. The lowest BCUT2D eigenvalue weighted by Gasteiger charge is -2.34. The van der Waals surface area contributed by atoms with Gasteiger partial charge < -0.3 is 4.90 Å². The average molecular weight is 424 g/mol. The van der Waals surface area contributed by atoms with E-state index in [1.807, 2.05) is 0 Å². The SMILES string of the molecule is CCc1cc(C(F)(F)F)n2nc([C@@H]3CCCCN3C(=O)c3snnc3C)cc2n1. The Bertz CT molecular complexity index is 1060. The second-order valence-electron chi connectivity index (χ2n) is 7.02. The van der Waals surface area contributed by atoms with Gasteiger partial charge in [0.05, 0.1) is 17.4 Å². The van der Waals surface area contributed by atoms with Crippen molar-refractivity contribution in [2.75, 3.05) is 6.54 Å². The first-order valence-electron chi connectivity index (χ1n) is 9.36. The Morgan fingerprint density at radius 3 is 2.76 bits per heavy atom. The minimum Gasteiger partial charge on any atom is -0.329 e. The fraction of sp³-hybridized carbons (Fsp3) is 0.500. The highest BCUT2D eigenvalue weighted by Crippen LogP contribution is 2.35. The molecule has 1 amide bonds. The van der Waals surface area contributed by atoms with E-state index >= 15 is 0 Å². The number of halogens is 3. The number of amides is 1. The summed E-state index contributed by atoms with van der Waals surface area (Å²) in [6.07, 6.45) is -1.86.